The molecule has 8 nitrogen and oxygen atoms in total. The van der Waals surface area contributed by atoms with E-state index >= 15 is 0 Å². The summed E-state index contributed by atoms with van der Waals surface area (Å²) in [6, 6.07) is 8.85. The topological polar surface area (TPSA) is 90.4 Å². The standard InChI is InChI=1S/C29H39N3O5/c1-4-7-17-30(15-5-2)28(36)25-29-14-13-22(37-29)23(24(29)27(35)32(25)18-19-33)26(34)31(16-6-3)20-21-11-9-8-10-12-21/h5-6,8-12,22-25,33H,2-4,7,13-20H2,1H3/t22-,23+,24-,25?,29?/m0/s1. The Labute approximate surface area is 219 Å². The SMILES string of the molecule is C=CCN(CCCC)C(=O)C1N(CCO)C(=O)[C@@H]2[C@H](C(=O)N(CC=C)Cc3ccccc3)[C@@H]3CCC12O3. The fraction of sp³-hybridized carbons (Fsp3) is 0.552. The van der Waals surface area contributed by atoms with E-state index in [4.69, 9.17) is 4.74 Å². The zero-order valence-electron chi connectivity index (χ0n) is 21.8. The van der Waals surface area contributed by atoms with Gasteiger partial charge in [-0.05, 0) is 24.8 Å². The van der Waals surface area contributed by atoms with E-state index in [-0.39, 0.29) is 30.9 Å². The Morgan fingerprint density at radius 1 is 1.16 bits per heavy atom. The van der Waals surface area contributed by atoms with Gasteiger partial charge in [0.1, 0.15) is 11.6 Å². The van der Waals surface area contributed by atoms with Crippen molar-refractivity contribution in [3.8, 4) is 0 Å². The Balaban J connectivity index is 1.67. The second kappa shape index (κ2) is 11.6. The summed E-state index contributed by atoms with van der Waals surface area (Å²) in [6.45, 7) is 11.1. The summed E-state index contributed by atoms with van der Waals surface area (Å²) in [7, 11) is 0. The third kappa shape index (κ3) is 4.84. The molecule has 3 aliphatic rings. The largest absolute Gasteiger partial charge is 0.395 e. The molecule has 8 heteroatoms. The number of amides is 3. The molecule has 3 saturated heterocycles. The number of aliphatic hydroxyl groups is 1. The number of benzene rings is 1. The van der Waals surface area contributed by atoms with Gasteiger partial charge in [-0.1, -0.05) is 55.8 Å². The fourth-order valence-corrected chi connectivity index (χ4v) is 6.43. The van der Waals surface area contributed by atoms with Crippen molar-refractivity contribution in [3.05, 3.63) is 61.2 Å². The minimum atomic E-state index is -1.06. The molecule has 0 radical (unpaired) electrons. The molecule has 5 atom stereocenters. The average molecular weight is 510 g/mol. The first-order valence-electron chi connectivity index (χ1n) is 13.4. The summed E-state index contributed by atoms with van der Waals surface area (Å²) >= 11 is 0. The molecule has 0 aromatic heterocycles. The van der Waals surface area contributed by atoms with Crippen LogP contribution >= 0.6 is 0 Å². The molecule has 37 heavy (non-hydrogen) atoms. The Morgan fingerprint density at radius 2 is 1.86 bits per heavy atom. The van der Waals surface area contributed by atoms with E-state index < -0.39 is 29.6 Å². The molecule has 3 aliphatic heterocycles. The number of aliphatic hydroxyl groups excluding tert-OH is 1. The van der Waals surface area contributed by atoms with E-state index in [9.17, 15) is 19.5 Å². The molecule has 1 N–H and O–H groups in total. The van der Waals surface area contributed by atoms with E-state index in [2.05, 4.69) is 20.1 Å². The predicted molar refractivity (Wildman–Crippen MR) is 140 cm³/mol. The van der Waals surface area contributed by atoms with Gasteiger partial charge < -0.3 is 24.5 Å². The van der Waals surface area contributed by atoms with Crippen molar-refractivity contribution in [1.29, 1.82) is 0 Å². The molecule has 3 heterocycles. The maximum absolute atomic E-state index is 14.0. The van der Waals surface area contributed by atoms with Crippen LogP contribution in [0.3, 0.4) is 0 Å². The zero-order chi connectivity index (χ0) is 26.6. The summed E-state index contributed by atoms with van der Waals surface area (Å²) < 4.78 is 6.52. The number of likely N-dealkylation sites (tertiary alicyclic amines) is 1. The van der Waals surface area contributed by atoms with Crippen LogP contribution in [0.2, 0.25) is 0 Å². The minimum absolute atomic E-state index is 0.0263. The van der Waals surface area contributed by atoms with Gasteiger partial charge in [0.25, 0.3) is 0 Å². The molecule has 2 unspecified atom stereocenters. The Morgan fingerprint density at radius 3 is 2.51 bits per heavy atom. The summed E-state index contributed by atoms with van der Waals surface area (Å²) in [6.07, 6.45) is 5.86. The quantitative estimate of drug-likeness (QED) is 0.413. The van der Waals surface area contributed by atoms with Gasteiger partial charge in [-0.25, -0.2) is 0 Å². The van der Waals surface area contributed by atoms with Gasteiger partial charge in [-0.3, -0.25) is 14.4 Å². The molecule has 2 bridgehead atoms. The van der Waals surface area contributed by atoms with Crippen molar-refractivity contribution < 1.29 is 24.2 Å². The fourth-order valence-electron chi connectivity index (χ4n) is 6.43. The van der Waals surface area contributed by atoms with Gasteiger partial charge >= 0.3 is 0 Å². The molecule has 1 aromatic carbocycles. The Kier molecular flexibility index (Phi) is 8.49. The van der Waals surface area contributed by atoms with Gasteiger partial charge in [0.2, 0.25) is 17.7 Å². The lowest BCUT2D eigenvalue weighted by atomic mass is 9.70. The lowest BCUT2D eigenvalue weighted by molar-refractivity contribution is -0.149. The monoisotopic (exact) mass is 509 g/mol. The van der Waals surface area contributed by atoms with Crippen molar-refractivity contribution in [1.82, 2.24) is 14.7 Å². The van der Waals surface area contributed by atoms with Crippen LogP contribution in [-0.2, 0) is 25.7 Å². The van der Waals surface area contributed by atoms with Crippen LogP contribution < -0.4 is 0 Å². The molecule has 4 rings (SSSR count). The van der Waals surface area contributed by atoms with Crippen LogP contribution in [-0.4, -0.2) is 88.1 Å². The van der Waals surface area contributed by atoms with E-state index in [1.165, 1.54) is 4.90 Å². The van der Waals surface area contributed by atoms with Crippen LogP contribution in [0.5, 0.6) is 0 Å². The molecular formula is C29H39N3O5. The van der Waals surface area contributed by atoms with E-state index in [1.807, 2.05) is 30.3 Å². The summed E-state index contributed by atoms with van der Waals surface area (Å²) in [5.41, 5.74) is -0.0767. The van der Waals surface area contributed by atoms with Crippen molar-refractivity contribution >= 4 is 17.7 Å². The second-order valence-electron chi connectivity index (χ2n) is 10.2. The number of rotatable bonds is 13. The number of ether oxygens (including phenoxy) is 1. The number of unbranched alkanes of at least 4 members (excludes halogenated alkanes) is 1. The number of hydrogen-bond acceptors (Lipinski definition) is 5. The molecular weight excluding hydrogens is 470 g/mol. The summed E-state index contributed by atoms with van der Waals surface area (Å²) in [5, 5.41) is 9.79. The number of fused-ring (bicyclic) bond motifs is 1. The van der Waals surface area contributed by atoms with Gasteiger partial charge in [0.15, 0.2) is 0 Å². The molecule has 200 valence electrons. The van der Waals surface area contributed by atoms with Crippen LogP contribution in [0, 0.1) is 11.8 Å². The number of carbonyl (C=O) groups excluding carboxylic acids is 3. The maximum atomic E-state index is 14.0. The van der Waals surface area contributed by atoms with Crippen molar-refractivity contribution in [3.63, 3.8) is 0 Å². The van der Waals surface area contributed by atoms with Crippen molar-refractivity contribution in [2.75, 3.05) is 32.8 Å². The minimum Gasteiger partial charge on any atom is -0.395 e. The highest BCUT2D eigenvalue weighted by atomic mass is 16.5. The first-order chi connectivity index (χ1) is 17.9. The first kappa shape index (κ1) is 27.1. The molecule has 1 spiro atoms. The molecule has 3 fully saturated rings. The normalized spacial score (nSPS) is 27.7. The van der Waals surface area contributed by atoms with Gasteiger partial charge in [-0.15, -0.1) is 13.2 Å². The summed E-state index contributed by atoms with van der Waals surface area (Å²) in [5.74, 6) is -2.05. The maximum Gasteiger partial charge on any atom is 0.248 e. The molecule has 1 aromatic rings. The predicted octanol–water partition coefficient (Wildman–Crippen LogP) is 2.38. The van der Waals surface area contributed by atoms with Crippen molar-refractivity contribution in [2.45, 2.75) is 56.9 Å². The molecule has 3 amide bonds. The second-order valence-corrected chi connectivity index (χ2v) is 10.2. The highest BCUT2D eigenvalue weighted by molar-refractivity contribution is 5.99. The van der Waals surface area contributed by atoms with Crippen LogP contribution in [0.15, 0.2) is 55.6 Å². The number of hydrogen-bond donors (Lipinski definition) is 1. The smallest absolute Gasteiger partial charge is 0.248 e. The Hall–Kier alpha value is -2.97. The first-order valence-corrected chi connectivity index (χ1v) is 13.4. The zero-order valence-corrected chi connectivity index (χ0v) is 21.8. The lowest BCUT2D eigenvalue weighted by Gasteiger charge is -2.36. The average Bonchev–Trinajstić information content (AvgIpc) is 3.54. The number of β-amino-alcohol motifs (C(OH)–C–C–N with tert-alkyl or cyclic N) is 1. The van der Waals surface area contributed by atoms with E-state index in [1.54, 1.807) is 22.0 Å². The van der Waals surface area contributed by atoms with Gasteiger partial charge in [0, 0.05) is 32.7 Å². The Bertz CT molecular complexity index is 1010. The third-order valence-electron chi connectivity index (χ3n) is 7.98. The number of carbonyl (C=O) groups is 3. The van der Waals surface area contributed by atoms with E-state index in [0.717, 1.165) is 18.4 Å². The highest BCUT2D eigenvalue weighted by Crippen LogP contribution is 2.58. The van der Waals surface area contributed by atoms with Crippen LogP contribution in [0.25, 0.3) is 0 Å². The van der Waals surface area contributed by atoms with Crippen LogP contribution in [0.1, 0.15) is 38.2 Å². The van der Waals surface area contributed by atoms with Gasteiger partial charge in [-0.2, -0.15) is 0 Å². The van der Waals surface area contributed by atoms with Crippen LogP contribution in [0.4, 0.5) is 0 Å². The van der Waals surface area contributed by atoms with E-state index in [0.29, 0.717) is 39.0 Å². The third-order valence-corrected chi connectivity index (χ3v) is 7.98. The van der Waals surface area contributed by atoms with Crippen molar-refractivity contribution in [2.24, 2.45) is 11.8 Å². The highest BCUT2D eigenvalue weighted by Gasteiger charge is 2.74. The lowest BCUT2D eigenvalue weighted by Crippen LogP contribution is -2.56. The van der Waals surface area contributed by atoms with Gasteiger partial charge in [0.05, 0.1) is 24.5 Å². The number of nitrogens with zero attached hydrogens (tertiary/aromatic N) is 3. The molecule has 0 aliphatic carbocycles. The molecule has 0 saturated carbocycles. The summed E-state index contributed by atoms with van der Waals surface area (Å²) in [4.78, 5) is 46.8.